The number of Topliss-reactive ketones (excluding diaryl/α,β-unsaturated/α-hetero) is 2. The van der Waals surface area contributed by atoms with Gasteiger partial charge in [-0.05, 0) is 23.6 Å². The summed E-state index contributed by atoms with van der Waals surface area (Å²) in [4.78, 5) is 37.4. The molecular formula is C18H19NO5. The number of hydrogen-bond donors (Lipinski definition) is 1. The van der Waals surface area contributed by atoms with E-state index < -0.39 is 0 Å². The molecule has 1 N–H and O–H groups in total. The van der Waals surface area contributed by atoms with Crippen molar-refractivity contribution in [3.05, 3.63) is 35.1 Å². The predicted molar refractivity (Wildman–Crippen MR) is 87.3 cm³/mol. The van der Waals surface area contributed by atoms with Crippen LogP contribution in [0, 0.1) is 0 Å². The second kappa shape index (κ2) is 6.11. The first-order valence-electron chi connectivity index (χ1n) is 7.94. The SMILES string of the molecule is CCC(=O)C1=C(O)CC(c2ccc3c(c2)N(C)C(=O)CO3)CC1=O. The Morgan fingerprint density at radius 3 is 2.75 bits per heavy atom. The van der Waals surface area contributed by atoms with Crippen molar-refractivity contribution in [3.63, 3.8) is 0 Å². The van der Waals surface area contributed by atoms with E-state index >= 15 is 0 Å². The van der Waals surface area contributed by atoms with E-state index in [9.17, 15) is 19.5 Å². The number of aliphatic hydroxyl groups is 1. The summed E-state index contributed by atoms with van der Waals surface area (Å²) < 4.78 is 5.39. The minimum absolute atomic E-state index is 0.0107. The number of aliphatic hydroxyl groups excluding tert-OH is 1. The molecule has 1 aliphatic heterocycles. The Bertz CT molecular complexity index is 765. The maximum absolute atomic E-state index is 12.3. The molecule has 126 valence electrons. The Morgan fingerprint density at radius 1 is 1.33 bits per heavy atom. The van der Waals surface area contributed by atoms with Crippen LogP contribution in [0.1, 0.15) is 37.7 Å². The minimum Gasteiger partial charge on any atom is -0.511 e. The molecule has 0 radical (unpaired) electrons. The van der Waals surface area contributed by atoms with Crippen molar-refractivity contribution in [3.8, 4) is 5.75 Å². The molecule has 3 rings (SSSR count). The second-order valence-electron chi connectivity index (χ2n) is 6.10. The van der Waals surface area contributed by atoms with Crippen molar-refractivity contribution in [2.75, 3.05) is 18.6 Å². The van der Waals surface area contributed by atoms with E-state index in [1.54, 1.807) is 20.0 Å². The van der Waals surface area contributed by atoms with Crippen LogP contribution in [-0.2, 0) is 14.4 Å². The second-order valence-corrected chi connectivity index (χ2v) is 6.10. The number of benzene rings is 1. The number of hydrogen-bond acceptors (Lipinski definition) is 5. The number of nitrogens with zero attached hydrogens (tertiary/aromatic N) is 1. The van der Waals surface area contributed by atoms with Gasteiger partial charge in [0.1, 0.15) is 11.5 Å². The van der Waals surface area contributed by atoms with Gasteiger partial charge in [-0.2, -0.15) is 0 Å². The van der Waals surface area contributed by atoms with E-state index in [2.05, 4.69) is 0 Å². The van der Waals surface area contributed by atoms with Gasteiger partial charge in [0.25, 0.3) is 5.91 Å². The van der Waals surface area contributed by atoms with Crippen LogP contribution in [0.15, 0.2) is 29.5 Å². The van der Waals surface area contributed by atoms with Gasteiger partial charge in [-0.3, -0.25) is 14.4 Å². The summed E-state index contributed by atoms with van der Waals surface area (Å²) in [5.74, 6) is -0.528. The number of fused-ring (bicyclic) bond motifs is 1. The third-order valence-corrected chi connectivity index (χ3v) is 4.58. The first-order chi connectivity index (χ1) is 11.4. The fraction of sp³-hybridized carbons (Fsp3) is 0.389. The van der Waals surface area contributed by atoms with E-state index in [-0.39, 0.29) is 60.6 Å². The minimum atomic E-state index is -0.325. The lowest BCUT2D eigenvalue weighted by Crippen LogP contribution is -2.35. The highest BCUT2D eigenvalue weighted by Crippen LogP contribution is 2.39. The number of carbonyl (C=O) groups excluding carboxylic acids is 3. The van der Waals surface area contributed by atoms with E-state index in [1.807, 2.05) is 12.1 Å². The van der Waals surface area contributed by atoms with Crippen LogP contribution in [0.2, 0.25) is 0 Å². The molecule has 0 spiro atoms. The van der Waals surface area contributed by atoms with Gasteiger partial charge >= 0.3 is 0 Å². The van der Waals surface area contributed by atoms with Gasteiger partial charge in [0.15, 0.2) is 18.2 Å². The molecule has 0 bridgehead atoms. The van der Waals surface area contributed by atoms with Crippen LogP contribution >= 0.6 is 0 Å². The molecule has 1 heterocycles. The maximum atomic E-state index is 12.3. The van der Waals surface area contributed by atoms with Crippen molar-refractivity contribution in [2.45, 2.75) is 32.1 Å². The van der Waals surface area contributed by atoms with Crippen LogP contribution in [0.5, 0.6) is 5.75 Å². The Labute approximate surface area is 139 Å². The standard InChI is InChI=1S/C18H19NO5/c1-3-13(20)18-14(21)7-11(8-15(18)22)10-4-5-16-12(6-10)19(2)17(23)9-24-16/h4-6,11,21H,3,7-9H2,1-2H3. The van der Waals surface area contributed by atoms with Crippen LogP contribution in [-0.4, -0.2) is 36.2 Å². The Hall–Kier alpha value is -2.63. The first kappa shape index (κ1) is 16.2. The van der Waals surface area contributed by atoms with Crippen molar-refractivity contribution in [2.24, 2.45) is 0 Å². The first-order valence-corrected chi connectivity index (χ1v) is 7.94. The highest BCUT2D eigenvalue weighted by Gasteiger charge is 2.32. The number of ether oxygens (including phenoxy) is 1. The normalized spacial score (nSPS) is 20.8. The number of likely N-dealkylation sites (N-methyl/N-ethyl adjacent to an activating group) is 1. The number of allylic oxidation sites excluding steroid dienone is 2. The van der Waals surface area contributed by atoms with E-state index in [4.69, 9.17) is 4.74 Å². The average Bonchev–Trinajstić information content (AvgIpc) is 2.57. The van der Waals surface area contributed by atoms with Gasteiger partial charge in [-0.1, -0.05) is 13.0 Å². The topological polar surface area (TPSA) is 83.9 Å². The number of ketones is 2. The lowest BCUT2D eigenvalue weighted by atomic mass is 9.81. The summed E-state index contributed by atoms with van der Waals surface area (Å²) in [6.45, 7) is 1.68. The van der Waals surface area contributed by atoms with Gasteiger partial charge in [0, 0.05) is 26.3 Å². The highest BCUT2D eigenvalue weighted by molar-refractivity contribution is 6.21. The zero-order valence-electron chi connectivity index (χ0n) is 13.7. The van der Waals surface area contributed by atoms with E-state index in [1.165, 1.54) is 4.90 Å². The fourth-order valence-corrected chi connectivity index (χ4v) is 3.17. The quantitative estimate of drug-likeness (QED) is 0.860. The van der Waals surface area contributed by atoms with Gasteiger partial charge in [0.05, 0.1) is 11.3 Å². The molecule has 1 amide bonds. The maximum Gasteiger partial charge on any atom is 0.264 e. The summed E-state index contributed by atoms with van der Waals surface area (Å²) in [5, 5.41) is 10.2. The van der Waals surface area contributed by atoms with Gasteiger partial charge in [-0.25, -0.2) is 0 Å². The van der Waals surface area contributed by atoms with Crippen LogP contribution < -0.4 is 9.64 Å². The Kier molecular flexibility index (Phi) is 4.13. The molecule has 0 saturated carbocycles. The van der Waals surface area contributed by atoms with Crippen LogP contribution in [0.25, 0.3) is 0 Å². The number of anilines is 1. The summed E-state index contributed by atoms with van der Waals surface area (Å²) in [5.41, 5.74) is 1.43. The number of amides is 1. The summed E-state index contributed by atoms with van der Waals surface area (Å²) >= 11 is 0. The summed E-state index contributed by atoms with van der Waals surface area (Å²) in [6.07, 6.45) is 0.603. The van der Waals surface area contributed by atoms with Crippen LogP contribution in [0.4, 0.5) is 5.69 Å². The number of rotatable bonds is 3. The molecule has 1 aromatic carbocycles. The molecule has 1 unspecified atom stereocenters. The molecule has 0 fully saturated rings. The van der Waals surface area contributed by atoms with Crippen molar-refractivity contribution < 1.29 is 24.2 Å². The highest BCUT2D eigenvalue weighted by atomic mass is 16.5. The smallest absolute Gasteiger partial charge is 0.264 e. The van der Waals surface area contributed by atoms with E-state index in [0.29, 0.717) is 11.4 Å². The average molecular weight is 329 g/mol. The summed E-state index contributed by atoms with van der Waals surface area (Å²) in [6, 6.07) is 5.41. The molecule has 24 heavy (non-hydrogen) atoms. The monoisotopic (exact) mass is 329 g/mol. The largest absolute Gasteiger partial charge is 0.511 e. The predicted octanol–water partition coefficient (Wildman–Crippen LogP) is 2.28. The Balaban J connectivity index is 1.92. The Morgan fingerprint density at radius 2 is 2.08 bits per heavy atom. The zero-order chi connectivity index (χ0) is 17.4. The molecule has 6 nitrogen and oxygen atoms in total. The van der Waals surface area contributed by atoms with Crippen molar-refractivity contribution in [1.29, 1.82) is 0 Å². The fourth-order valence-electron chi connectivity index (χ4n) is 3.17. The molecule has 1 aromatic rings. The van der Waals surface area contributed by atoms with Gasteiger partial charge < -0.3 is 14.7 Å². The zero-order valence-corrected chi connectivity index (χ0v) is 13.7. The van der Waals surface area contributed by atoms with Crippen LogP contribution in [0.3, 0.4) is 0 Å². The van der Waals surface area contributed by atoms with E-state index in [0.717, 1.165) is 5.56 Å². The van der Waals surface area contributed by atoms with Gasteiger partial charge in [-0.15, -0.1) is 0 Å². The molecule has 1 aliphatic carbocycles. The lowest BCUT2D eigenvalue weighted by Gasteiger charge is -2.28. The third kappa shape index (κ3) is 2.68. The summed E-state index contributed by atoms with van der Waals surface area (Å²) in [7, 11) is 1.68. The third-order valence-electron chi connectivity index (χ3n) is 4.58. The molecule has 1 atom stereocenters. The molecular weight excluding hydrogens is 310 g/mol. The van der Waals surface area contributed by atoms with Crippen molar-refractivity contribution in [1.82, 2.24) is 0 Å². The van der Waals surface area contributed by atoms with Crippen molar-refractivity contribution >= 4 is 23.2 Å². The molecule has 0 saturated heterocycles. The number of carbonyl (C=O) groups is 3. The molecule has 0 aromatic heterocycles. The molecule has 6 heteroatoms. The van der Waals surface area contributed by atoms with Gasteiger partial charge in [0.2, 0.25) is 0 Å². The molecule has 2 aliphatic rings. The lowest BCUT2D eigenvalue weighted by molar-refractivity contribution is -0.123.